The minimum atomic E-state index is -3.76. The highest BCUT2D eigenvalue weighted by molar-refractivity contribution is 7.89. The van der Waals surface area contributed by atoms with Crippen molar-refractivity contribution in [2.24, 2.45) is 5.73 Å². The van der Waals surface area contributed by atoms with Crippen molar-refractivity contribution in [3.63, 3.8) is 0 Å². The van der Waals surface area contributed by atoms with Crippen LogP contribution >= 0.6 is 0 Å². The van der Waals surface area contributed by atoms with Gasteiger partial charge in [-0.15, -0.1) is 0 Å². The molecule has 162 valence electrons. The van der Waals surface area contributed by atoms with E-state index in [1.165, 1.54) is 0 Å². The van der Waals surface area contributed by atoms with E-state index < -0.39 is 22.0 Å². The van der Waals surface area contributed by atoms with Crippen LogP contribution in [0.2, 0.25) is 0 Å². The first-order chi connectivity index (χ1) is 14.1. The van der Waals surface area contributed by atoms with Gasteiger partial charge >= 0.3 is 0 Å². The summed E-state index contributed by atoms with van der Waals surface area (Å²) in [7, 11) is -3.76. The number of anilines is 1. The molecule has 10 heteroatoms. The first-order valence-corrected chi connectivity index (χ1v) is 11.2. The van der Waals surface area contributed by atoms with Gasteiger partial charge in [-0.25, -0.2) is 8.42 Å². The van der Waals surface area contributed by atoms with Crippen LogP contribution in [0.15, 0.2) is 42.5 Å². The maximum Gasteiger partial charge on any atom is 0.260 e. The van der Waals surface area contributed by atoms with Gasteiger partial charge < -0.3 is 20.5 Å². The Morgan fingerprint density at radius 3 is 2.20 bits per heavy atom. The Bertz CT molecular complexity index is 1010. The van der Waals surface area contributed by atoms with Crippen LogP contribution in [0.3, 0.4) is 0 Å². The van der Waals surface area contributed by atoms with Gasteiger partial charge in [0.2, 0.25) is 10.0 Å². The van der Waals surface area contributed by atoms with Crippen LogP contribution in [-0.2, 0) is 14.8 Å². The van der Waals surface area contributed by atoms with E-state index in [0.717, 1.165) is 6.26 Å². The topological polar surface area (TPSA) is 144 Å². The molecule has 0 saturated heterocycles. The molecule has 9 nitrogen and oxygen atoms in total. The van der Waals surface area contributed by atoms with E-state index in [-0.39, 0.29) is 5.84 Å². The number of carbonyl (C=O) groups excluding carboxylic acids is 1. The molecule has 0 radical (unpaired) electrons. The fourth-order valence-electron chi connectivity index (χ4n) is 2.70. The molecule has 0 aromatic heterocycles. The summed E-state index contributed by atoms with van der Waals surface area (Å²) in [5, 5.41) is 10.5. The normalized spacial score (nSPS) is 12.0. The van der Waals surface area contributed by atoms with Gasteiger partial charge in [0.05, 0.1) is 19.5 Å². The Labute approximate surface area is 176 Å². The van der Waals surface area contributed by atoms with Crippen molar-refractivity contribution in [3.8, 4) is 11.5 Å². The number of sulfonamides is 1. The number of carbonyl (C=O) groups is 1. The number of benzene rings is 2. The van der Waals surface area contributed by atoms with Gasteiger partial charge in [-0.1, -0.05) is 6.07 Å². The molecule has 2 rings (SSSR count). The standard InChI is InChI=1S/C20H26N4O5S/c1-4-28-16-11-8-14(12-17(16)29-5-2)18(20(25)24-30(3,26)27)23-15-9-6-13(7-10-15)19(21)22/h6-12,18,23H,4-5H2,1-3H3,(H3,21,22)(H,24,25). The van der Waals surface area contributed by atoms with E-state index in [1.54, 1.807) is 42.5 Å². The zero-order valence-corrected chi connectivity index (χ0v) is 17.9. The molecule has 0 spiro atoms. The van der Waals surface area contributed by atoms with Gasteiger partial charge in [0.1, 0.15) is 11.9 Å². The van der Waals surface area contributed by atoms with Crippen LogP contribution in [0.25, 0.3) is 0 Å². The lowest BCUT2D eigenvalue weighted by atomic mass is 10.0. The highest BCUT2D eigenvalue weighted by Gasteiger charge is 2.25. The molecule has 1 atom stereocenters. The van der Waals surface area contributed by atoms with Crippen LogP contribution in [-0.4, -0.2) is 39.6 Å². The molecule has 0 saturated carbocycles. The Hall–Kier alpha value is -3.27. The molecular weight excluding hydrogens is 408 g/mol. The van der Waals surface area contributed by atoms with Gasteiger partial charge in [0.15, 0.2) is 11.5 Å². The third-order valence-electron chi connectivity index (χ3n) is 3.96. The van der Waals surface area contributed by atoms with Gasteiger partial charge in [-0.2, -0.15) is 0 Å². The van der Waals surface area contributed by atoms with Crippen LogP contribution in [0.1, 0.15) is 31.0 Å². The Balaban J connectivity index is 2.43. The summed E-state index contributed by atoms with van der Waals surface area (Å²) in [6, 6.07) is 10.5. The molecule has 0 fully saturated rings. The molecule has 0 bridgehead atoms. The zero-order valence-electron chi connectivity index (χ0n) is 17.1. The number of nitrogens with two attached hydrogens (primary N) is 1. The molecule has 1 unspecified atom stereocenters. The number of nitrogens with one attached hydrogen (secondary N) is 3. The fourth-order valence-corrected chi connectivity index (χ4v) is 3.19. The van der Waals surface area contributed by atoms with Crippen molar-refractivity contribution in [3.05, 3.63) is 53.6 Å². The first-order valence-electron chi connectivity index (χ1n) is 9.26. The Kier molecular flexibility index (Phi) is 7.65. The molecule has 0 aliphatic rings. The lowest BCUT2D eigenvalue weighted by Gasteiger charge is -2.21. The third-order valence-corrected chi connectivity index (χ3v) is 4.53. The van der Waals surface area contributed by atoms with Crippen molar-refractivity contribution in [2.45, 2.75) is 19.9 Å². The first kappa shape index (κ1) is 23.0. The van der Waals surface area contributed by atoms with Crippen molar-refractivity contribution in [2.75, 3.05) is 24.8 Å². The number of hydrogen-bond acceptors (Lipinski definition) is 7. The van der Waals surface area contributed by atoms with Gasteiger partial charge in [-0.05, 0) is 55.8 Å². The van der Waals surface area contributed by atoms with E-state index in [0.29, 0.717) is 41.5 Å². The molecule has 5 N–H and O–H groups in total. The Morgan fingerprint density at radius 2 is 1.67 bits per heavy atom. The molecule has 2 aromatic carbocycles. The average molecular weight is 435 g/mol. The second kappa shape index (κ2) is 9.97. The van der Waals surface area contributed by atoms with Gasteiger partial charge in [-0.3, -0.25) is 14.9 Å². The van der Waals surface area contributed by atoms with Crippen LogP contribution < -0.4 is 25.2 Å². The van der Waals surface area contributed by atoms with E-state index in [2.05, 4.69) is 5.32 Å². The minimum absolute atomic E-state index is 0.0826. The number of amides is 1. The maximum absolute atomic E-state index is 12.7. The second-order valence-corrected chi connectivity index (χ2v) is 8.13. The van der Waals surface area contributed by atoms with Crippen molar-refractivity contribution >= 4 is 27.5 Å². The fraction of sp³-hybridized carbons (Fsp3) is 0.300. The second-order valence-electron chi connectivity index (χ2n) is 6.38. The van der Waals surface area contributed by atoms with Gasteiger partial charge in [0.25, 0.3) is 5.91 Å². The van der Waals surface area contributed by atoms with Crippen LogP contribution in [0.4, 0.5) is 5.69 Å². The molecular formula is C20H26N4O5S. The van der Waals surface area contributed by atoms with E-state index >= 15 is 0 Å². The smallest absolute Gasteiger partial charge is 0.260 e. The summed E-state index contributed by atoms with van der Waals surface area (Å²) >= 11 is 0. The summed E-state index contributed by atoms with van der Waals surface area (Å²) in [6.07, 6.45) is 0.910. The monoisotopic (exact) mass is 434 g/mol. The van der Waals surface area contributed by atoms with E-state index in [9.17, 15) is 13.2 Å². The maximum atomic E-state index is 12.7. The predicted octanol–water partition coefficient (Wildman–Crippen LogP) is 2.00. The highest BCUT2D eigenvalue weighted by atomic mass is 32.2. The van der Waals surface area contributed by atoms with Crippen LogP contribution in [0.5, 0.6) is 11.5 Å². The summed E-state index contributed by atoms with van der Waals surface area (Å²) in [6.45, 7) is 4.51. The zero-order chi connectivity index (χ0) is 22.3. The van der Waals surface area contributed by atoms with Gasteiger partial charge in [0, 0.05) is 11.3 Å². The summed E-state index contributed by atoms with van der Waals surface area (Å²) in [5.74, 6) is 0.138. The predicted molar refractivity (Wildman–Crippen MR) is 116 cm³/mol. The SMILES string of the molecule is CCOc1ccc(C(Nc2ccc(C(=N)N)cc2)C(=O)NS(C)(=O)=O)cc1OCC. The largest absolute Gasteiger partial charge is 0.490 e. The lowest BCUT2D eigenvalue weighted by molar-refractivity contribution is -0.120. The molecule has 30 heavy (non-hydrogen) atoms. The van der Waals surface area contributed by atoms with E-state index in [4.69, 9.17) is 20.6 Å². The molecule has 0 aliphatic carbocycles. The quantitative estimate of drug-likeness (QED) is 0.331. The number of hydrogen-bond donors (Lipinski definition) is 4. The number of nitrogen functional groups attached to an aromatic ring is 1. The Morgan fingerprint density at radius 1 is 1.07 bits per heavy atom. The molecule has 1 amide bonds. The van der Waals surface area contributed by atoms with E-state index in [1.807, 2.05) is 18.6 Å². The number of amidine groups is 1. The average Bonchev–Trinajstić information content (AvgIpc) is 2.67. The molecule has 2 aromatic rings. The minimum Gasteiger partial charge on any atom is -0.490 e. The van der Waals surface area contributed by atoms with Crippen molar-refractivity contribution < 1.29 is 22.7 Å². The molecule has 0 aliphatic heterocycles. The summed E-state index contributed by atoms with van der Waals surface area (Å²) in [4.78, 5) is 12.7. The number of rotatable bonds is 10. The van der Waals surface area contributed by atoms with Crippen LogP contribution in [0, 0.1) is 5.41 Å². The highest BCUT2D eigenvalue weighted by Crippen LogP contribution is 2.32. The number of ether oxygens (including phenoxy) is 2. The summed E-state index contributed by atoms with van der Waals surface area (Å²) in [5.41, 5.74) is 7.02. The summed E-state index contributed by atoms with van der Waals surface area (Å²) < 4.78 is 36.4. The molecule has 0 heterocycles. The lowest BCUT2D eigenvalue weighted by Crippen LogP contribution is -2.37. The van der Waals surface area contributed by atoms with Crippen molar-refractivity contribution in [1.82, 2.24) is 4.72 Å². The third kappa shape index (κ3) is 6.38. The van der Waals surface area contributed by atoms with Crippen molar-refractivity contribution in [1.29, 1.82) is 5.41 Å².